The van der Waals surface area contributed by atoms with E-state index in [1.54, 1.807) is 0 Å². The van der Waals surface area contributed by atoms with Crippen molar-refractivity contribution in [2.75, 3.05) is 26.4 Å². The summed E-state index contributed by atoms with van der Waals surface area (Å²) in [6.07, 6.45) is 1.86. The SMILES string of the molecule is OCCOc1ccc(C2(c3ccc(OCCO)nc3)c3ccccc3-c3ccccc32)cc1. The van der Waals surface area contributed by atoms with Gasteiger partial charge in [-0.3, -0.25) is 0 Å². The Balaban J connectivity index is 1.72. The molecular formula is C28H25NO4. The van der Waals surface area contributed by atoms with E-state index in [4.69, 9.17) is 19.7 Å². The van der Waals surface area contributed by atoms with Crippen LogP contribution in [-0.4, -0.2) is 41.6 Å². The van der Waals surface area contributed by atoms with Crippen LogP contribution in [0.1, 0.15) is 22.3 Å². The second-order valence-corrected chi connectivity index (χ2v) is 7.89. The maximum Gasteiger partial charge on any atom is 0.213 e. The van der Waals surface area contributed by atoms with Crippen LogP contribution in [0.5, 0.6) is 11.6 Å². The summed E-state index contributed by atoms with van der Waals surface area (Å²) in [5.74, 6) is 1.20. The number of aromatic nitrogens is 1. The highest BCUT2D eigenvalue weighted by molar-refractivity contribution is 5.86. The van der Waals surface area contributed by atoms with E-state index in [2.05, 4.69) is 71.7 Å². The molecule has 2 N–H and O–H groups in total. The first-order valence-corrected chi connectivity index (χ1v) is 11.0. The molecule has 0 spiro atoms. The molecule has 4 aromatic rings. The van der Waals surface area contributed by atoms with Gasteiger partial charge in [0.15, 0.2) is 0 Å². The van der Waals surface area contributed by atoms with Gasteiger partial charge in [-0.05, 0) is 45.5 Å². The summed E-state index contributed by atoms with van der Waals surface area (Å²) >= 11 is 0. The van der Waals surface area contributed by atoms with Crippen molar-refractivity contribution >= 4 is 0 Å². The molecule has 0 bridgehead atoms. The second-order valence-electron chi connectivity index (χ2n) is 7.89. The van der Waals surface area contributed by atoms with Gasteiger partial charge in [0, 0.05) is 12.3 Å². The molecule has 1 aliphatic rings. The Kier molecular flexibility index (Phi) is 5.82. The van der Waals surface area contributed by atoms with Crippen molar-refractivity contribution < 1.29 is 19.7 Å². The maximum atomic E-state index is 9.08. The Morgan fingerprint density at radius 1 is 0.636 bits per heavy atom. The minimum Gasteiger partial charge on any atom is -0.491 e. The molecule has 5 rings (SSSR count). The number of fused-ring (bicyclic) bond motifs is 3. The van der Waals surface area contributed by atoms with Gasteiger partial charge < -0.3 is 19.7 Å². The predicted molar refractivity (Wildman–Crippen MR) is 127 cm³/mol. The van der Waals surface area contributed by atoms with E-state index in [1.165, 1.54) is 22.3 Å². The lowest BCUT2D eigenvalue weighted by molar-refractivity contribution is 0.196. The molecule has 1 heterocycles. The topological polar surface area (TPSA) is 71.8 Å². The van der Waals surface area contributed by atoms with Crippen LogP contribution in [0, 0.1) is 0 Å². The molecule has 33 heavy (non-hydrogen) atoms. The monoisotopic (exact) mass is 439 g/mol. The minimum absolute atomic E-state index is 0.0250. The average Bonchev–Trinajstić information content (AvgIpc) is 3.18. The van der Waals surface area contributed by atoms with Gasteiger partial charge in [-0.2, -0.15) is 0 Å². The number of hydrogen-bond donors (Lipinski definition) is 2. The van der Waals surface area contributed by atoms with Crippen LogP contribution in [-0.2, 0) is 5.41 Å². The van der Waals surface area contributed by atoms with Crippen molar-refractivity contribution in [2.45, 2.75) is 5.41 Å². The Morgan fingerprint density at radius 3 is 1.79 bits per heavy atom. The molecule has 3 aromatic carbocycles. The highest BCUT2D eigenvalue weighted by Crippen LogP contribution is 2.55. The summed E-state index contributed by atoms with van der Waals surface area (Å²) in [5.41, 5.74) is 6.37. The Hall–Kier alpha value is -3.67. The quantitative estimate of drug-likeness (QED) is 0.379. The summed E-state index contributed by atoms with van der Waals surface area (Å²) in [7, 11) is 0. The molecule has 0 aliphatic heterocycles. The fourth-order valence-corrected chi connectivity index (χ4v) is 4.83. The smallest absolute Gasteiger partial charge is 0.213 e. The lowest BCUT2D eigenvalue weighted by Gasteiger charge is -2.33. The van der Waals surface area contributed by atoms with Crippen molar-refractivity contribution in [3.05, 3.63) is 113 Å². The maximum absolute atomic E-state index is 9.08. The van der Waals surface area contributed by atoms with Crippen molar-refractivity contribution in [3.63, 3.8) is 0 Å². The lowest BCUT2D eigenvalue weighted by Crippen LogP contribution is -2.28. The van der Waals surface area contributed by atoms with Gasteiger partial charge in [-0.25, -0.2) is 4.98 Å². The highest BCUT2D eigenvalue weighted by atomic mass is 16.5. The van der Waals surface area contributed by atoms with Gasteiger partial charge in [0.05, 0.1) is 18.6 Å². The van der Waals surface area contributed by atoms with E-state index < -0.39 is 5.41 Å². The number of nitrogens with zero attached hydrogens (tertiary/aromatic N) is 1. The van der Waals surface area contributed by atoms with Crippen LogP contribution in [0.25, 0.3) is 11.1 Å². The summed E-state index contributed by atoms with van der Waals surface area (Å²) < 4.78 is 11.1. The zero-order valence-electron chi connectivity index (χ0n) is 18.1. The Labute approximate surface area is 192 Å². The largest absolute Gasteiger partial charge is 0.491 e. The van der Waals surface area contributed by atoms with E-state index in [9.17, 15) is 0 Å². The Morgan fingerprint density at radius 2 is 1.21 bits per heavy atom. The molecule has 0 amide bonds. The van der Waals surface area contributed by atoms with Gasteiger partial charge in [-0.15, -0.1) is 0 Å². The van der Waals surface area contributed by atoms with Crippen LogP contribution in [0.15, 0.2) is 91.1 Å². The van der Waals surface area contributed by atoms with Crippen molar-refractivity contribution in [2.24, 2.45) is 0 Å². The van der Waals surface area contributed by atoms with E-state index >= 15 is 0 Å². The molecule has 1 aliphatic carbocycles. The van der Waals surface area contributed by atoms with E-state index in [0.717, 1.165) is 11.1 Å². The minimum atomic E-state index is -0.550. The molecule has 0 unspecified atom stereocenters. The first-order chi connectivity index (χ1) is 16.3. The molecule has 0 fully saturated rings. The number of aliphatic hydroxyl groups is 2. The first-order valence-electron chi connectivity index (χ1n) is 11.0. The average molecular weight is 440 g/mol. The highest BCUT2D eigenvalue weighted by Gasteiger charge is 2.46. The number of benzene rings is 3. The molecule has 5 heteroatoms. The van der Waals surface area contributed by atoms with Gasteiger partial charge >= 0.3 is 0 Å². The van der Waals surface area contributed by atoms with Gasteiger partial charge in [0.1, 0.15) is 19.0 Å². The van der Waals surface area contributed by atoms with Gasteiger partial charge in [-0.1, -0.05) is 66.7 Å². The standard InChI is InChI=1S/C28H25NO4/c30-15-17-32-22-12-9-20(10-13-22)28(21-11-14-27(29-19-21)33-18-16-31)25-7-3-1-5-23(25)24-6-2-4-8-26(24)28/h1-14,19,30-31H,15-18H2. The number of aliphatic hydroxyl groups excluding tert-OH is 2. The van der Waals surface area contributed by atoms with E-state index in [-0.39, 0.29) is 26.4 Å². The molecule has 0 saturated carbocycles. The fraction of sp³-hybridized carbons (Fsp3) is 0.179. The van der Waals surface area contributed by atoms with Crippen molar-refractivity contribution in [1.29, 1.82) is 0 Å². The van der Waals surface area contributed by atoms with E-state index in [0.29, 0.717) is 11.6 Å². The van der Waals surface area contributed by atoms with Crippen molar-refractivity contribution in [3.8, 4) is 22.8 Å². The molecule has 0 radical (unpaired) electrons. The third-order valence-corrected chi connectivity index (χ3v) is 6.11. The summed E-state index contributed by atoms with van der Waals surface area (Å²) in [6, 6.07) is 29.0. The first kappa shape index (κ1) is 21.2. The zero-order valence-corrected chi connectivity index (χ0v) is 18.1. The lowest BCUT2D eigenvalue weighted by atomic mass is 9.68. The van der Waals surface area contributed by atoms with Crippen molar-refractivity contribution in [1.82, 2.24) is 4.98 Å². The molecule has 5 nitrogen and oxygen atoms in total. The van der Waals surface area contributed by atoms with Crippen LogP contribution >= 0.6 is 0 Å². The molecule has 166 valence electrons. The molecule has 0 atom stereocenters. The third-order valence-electron chi connectivity index (χ3n) is 6.11. The fourth-order valence-electron chi connectivity index (χ4n) is 4.83. The second kappa shape index (κ2) is 9.06. The van der Waals surface area contributed by atoms with Gasteiger partial charge in [0.25, 0.3) is 0 Å². The number of pyridine rings is 1. The number of hydrogen-bond acceptors (Lipinski definition) is 5. The van der Waals surface area contributed by atoms with E-state index in [1.807, 2.05) is 24.4 Å². The summed E-state index contributed by atoms with van der Waals surface area (Å²) in [4.78, 5) is 4.55. The molecular weight excluding hydrogens is 414 g/mol. The third kappa shape index (κ3) is 3.55. The van der Waals surface area contributed by atoms with Crippen LogP contribution in [0.4, 0.5) is 0 Å². The summed E-state index contributed by atoms with van der Waals surface area (Å²) in [6.45, 7) is 0.384. The molecule has 1 aromatic heterocycles. The number of rotatable bonds is 8. The molecule has 0 saturated heterocycles. The summed E-state index contributed by atoms with van der Waals surface area (Å²) in [5, 5.41) is 18.1. The van der Waals surface area contributed by atoms with Crippen LogP contribution in [0.2, 0.25) is 0 Å². The predicted octanol–water partition coefficient (Wildman–Crippen LogP) is 4.19. The Bertz CT molecular complexity index is 1140. The number of ether oxygens (including phenoxy) is 2. The van der Waals surface area contributed by atoms with Gasteiger partial charge in [0.2, 0.25) is 5.88 Å². The van der Waals surface area contributed by atoms with Crippen LogP contribution in [0.3, 0.4) is 0 Å². The normalized spacial score (nSPS) is 13.3. The van der Waals surface area contributed by atoms with Crippen LogP contribution < -0.4 is 9.47 Å². The zero-order chi connectivity index (χ0) is 22.7.